The van der Waals surface area contributed by atoms with Crippen LogP contribution in [0.4, 0.5) is 0 Å². The van der Waals surface area contributed by atoms with Gasteiger partial charge in [0.15, 0.2) is 6.10 Å². The Morgan fingerprint density at radius 1 is 0.803 bits per heavy atom. The lowest BCUT2D eigenvalue weighted by molar-refractivity contribution is -0.339. The maximum atomic E-state index is 13.7. The molecular weight excluding hydrogens is 777 g/mol. The summed E-state index contributed by atoms with van der Waals surface area (Å²) in [6.45, 7) is 9.46. The van der Waals surface area contributed by atoms with Crippen molar-refractivity contribution >= 4 is 11.9 Å². The highest BCUT2D eigenvalue weighted by atomic mass is 16.7. The topological polar surface area (TPSA) is 117 Å². The lowest BCUT2D eigenvalue weighted by Gasteiger charge is -2.53. The van der Waals surface area contributed by atoms with Gasteiger partial charge >= 0.3 is 11.9 Å². The van der Waals surface area contributed by atoms with E-state index in [2.05, 4.69) is 6.92 Å². The van der Waals surface area contributed by atoms with Gasteiger partial charge in [-0.25, -0.2) is 4.79 Å². The Labute approximate surface area is 363 Å². The van der Waals surface area contributed by atoms with E-state index in [1.807, 2.05) is 112 Å². The van der Waals surface area contributed by atoms with Gasteiger partial charge in [0.25, 0.3) is 0 Å². The summed E-state index contributed by atoms with van der Waals surface area (Å²) in [5.41, 5.74) is 2.58. The van der Waals surface area contributed by atoms with Crippen molar-refractivity contribution in [3.8, 4) is 11.5 Å². The smallest absolute Gasteiger partial charge is 0.330 e. The predicted molar refractivity (Wildman–Crippen MR) is 235 cm³/mol. The van der Waals surface area contributed by atoms with Gasteiger partial charge in [-0.2, -0.15) is 0 Å². The summed E-state index contributed by atoms with van der Waals surface area (Å²) in [5, 5.41) is 0. The van der Waals surface area contributed by atoms with Crippen LogP contribution in [-0.2, 0) is 62.6 Å². The fourth-order valence-electron chi connectivity index (χ4n) is 7.48. The van der Waals surface area contributed by atoms with Crippen LogP contribution in [-0.4, -0.2) is 77.2 Å². The maximum absolute atomic E-state index is 13.7. The molecule has 1 saturated heterocycles. The van der Waals surface area contributed by atoms with Crippen LogP contribution in [0.15, 0.2) is 103 Å². The van der Waals surface area contributed by atoms with Crippen molar-refractivity contribution < 1.29 is 52.2 Å². The SMILES string of the molecule is CCCCCCCC(=O)O[C@H]1/C(=C/C(=O)OC)C[C@@H](C[C@H](OCc2ccc(OC)cc2)[C@H](C)OCc2ccccc2)O[C@@]1(OC)C(C)(C)/C=C/COCc1ccc(OC)cc1. The molecule has 0 bridgehead atoms. The maximum Gasteiger partial charge on any atom is 0.330 e. The van der Waals surface area contributed by atoms with E-state index in [4.69, 9.17) is 42.6 Å². The van der Waals surface area contributed by atoms with Crippen LogP contribution in [0.3, 0.4) is 0 Å². The Kier molecular flexibility index (Phi) is 20.5. The second kappa shape index (κ2) is 25.4. The minimum Gasteiger partial charge on any atom is -0.497 e. The molecule has 4 rings (SSSR count). The highest BCUT2D eigenvalue weighted by Crippen LogP contribution is 2.49. The summed E-state index contributed by atoms with van der Waals surface area (Å²) < 4.78 is 54.9. The van der Waals surface area contributed by atoms with Crippen LogP contribution >= 0.6 is 0 Å². The van der Waals surface area contributed by atoms with Crippen LogP contribution < -0.4 is 9.47 Å². The van der Waals surface area contributed by atoms with Crippen LogP contribution in [0.5, 0.6) is 11.5 Å². The number of unbranched alkanes of at least 4 members (excludes halogenated alkanes) is 4. The zero-order valence-electron chi connectivity index (χ0n) is 37.5. The Balaban J connectivity index is 1.66. The molecule has 0 radical (unpaired) electrons. The van der Waals surface area contributed by atoms with E-state index in [9.17, 15) is 9.59 Å². The van der Waals surface area contributed by atoms with E-state index in [-0.39, 0.29) is 18.9 Å². The second-order valence-corrected chi connectivity index (χ2v) is 16.0. The van der Waals surface area contributed by atoms with Crippen LogP contribution in [0.1, 0.15) is 95.8 Å². The van der Waals surface area contributed by atoms with E-state index < -0.39 is 41.5 Å². The number of rotatable bonds is 26. The first-order chi connectivity index (χ1) is 29.5. The van der Waals surface area contributed by atoms with Gasteiger partial charge in [0, 0.05) is 31.4 Å². The van der Waals surface area contributed by atoms with Crippen LogP contribution in [0, 0.1) is 5.41 Å². The van der Waals surface area contributed by atoms with E-state index in [1.165, 1.54) is 13.2 Å². The molecule has 11 heteroatoms. The summed E-state index contributed by atoms with van der Waals surface area (Å²) >= 11 is 0. The third-order valence-corrected chi connectivity index (χ3v) is 11.1. The molecule has 5 atom stereocenters. The second-order valence-electron chi connectivity index (χ2n) is 16.0. The highest BCUT2D eigenvalue weighted by molar-refractivity contribution is 5.83. The number of hydrogen-bond acceptors (Lipinski definition) is 11. The molecule has 3 aromatic carbocycles. The van der Waals surface area contributed by atoms with E-state index >= 15 is 0 Å². The van der Waals surface area contributed by atoms with Gasteiger partial charge in [0.05, 0.1) is 66.1 Å². The third-order valence-electron chi connectivity index (χ3n) is 11.1. The number of ether oxygens (including phenoxy) is 9. The number of carbonyl (C=O) groups is 2. The fraction of sp³-hybridized carbons (Fsp3) is 0.520. The Bertz CT molecular complexity index is 1790. The molecule has 0 aliphatic carbocycles. The molecule has 0 N–H and O–H groups in total. The number of esters is 2. The quantitative estimate of drug-likeness (QED) is 0.0333. The number of benzene rings is 3. The molecule has 1 fully saturated rings. The summed E-state index contributed by atoms with van der Waals surface area (Å²) in [6.07, 6.45) is 8.48. The molecular formula is C50H68O11. The Morgan fingerprint density at radius 3 is 2.02 bits per heavy atom. The number of methoxy groups -OCH3 is 4. The molecule has 334 valence electrons. The van der Waals surface area contributed by atoms with Gasteiger partial charge < -0.3 is 42.6 Å². The molecule has 0 saturated carbocycles. The first-order valence-corrected chi connectivity index (χ1v) is 21.5. The molecule has 61 heavy (non-hydrogen) atoms. The van der Waals surface area contributed by atoms with E-state index in [0.717, 1.165) is 53.9 Å². The first-order valence-electron chi connectivity index (χ1n) is 21.5. The van der Waals surface area contributed by atoms with Crippen molar-refractivity contribution in [3.05, 3.63) is 119 Å². The zero-order chi connectivity index (χ0) is 44.1. The highest BCUT2D eigenvalue weighted by Gasteiger charge is 2.59. The molecule has 3 aromatic rings. The zero-order valence-corrected chi connectivity index (χ0v) is 37.5. The van der Waals surface area contributed by atoms with Gasteiger partial charge in [-0.15, -0.1) is 0 Å². The van der Waals surface area contributed by atoms with Crippen molar-refractivity contribution in [1.29, 1.82) is 0 Å². The molecule has 0 aromatic heterocycles. The molecule has 1 aliphatic heterocycles. The van der Waals surface area contributed by atoms with Gasteiger partial charge in [-0.3, -0.25) is 4.79 Å². The minimum atomic E-state index is -1.59. The molecule has 11 nitrogen and oxygen atoms in total. The predicted octanol–water partition coefficient (Wildman–Crippen LogP) is 9.89. The van der Waals surface area contributed by atoms with Crippen LogP contribution in [0.2, 0.25) is 0 Å². The van der Waals surface area contributed by atoms with Crippen molar-refractivity contribution in [2.75, 3.05) is 35.0 Å². The Hall–Kier alpha value is -4.52. The minimum absolute atomic E-state index is 0.224. The average Bonchev–Trinajstić information content (AvgIpc) is 3.27. The standard InChI is InChI=1S/C50H68O11/c1-9-10-11-12-16-20-46(51)60-48-41(32-47(52)55-7)31-44(61-50(48,56-8)49(3,4)29-17-30-57-34-39-21-25-42(53-5)26-22-39)33-45(37(2)58-35-38-18-14-13-15-19-38)59-36-40-23-27-43(54-6)28-24-40/h13-15,17-19,21-29,32,37,44-45,48H,9-12,16,20,30-31,33-36H2,1-8H3/b29-17+,41-32+/t37-,44-,45-,48-,50+/m0/s1. The summed E-state index contributed by atoms with van der Waals surface area (Å²) in [7, 11) is 6.14. The van der Waals surface area contributed by atoms with Gasteiger partial charge in [0.2, 0.25) is 5.79 Å². The first kappa shape index (κ1) is 49.1. The Morgan fingerprint density at radius 2 is 1.41 bits per heavy atom. The third kappa shape index (κ3) is 15.1. The molecule has 0 spiro atoms. The number of carbonyl (C=O) groups excluding carboxylic acids is 2. The average molecular weight is 845 g/mol. The molecule has 1 aliphatic rings. The van der Waals surface area contributed by atoms with E-state index in [0.29, 0.717) is 44.8 Å². The summed E-state index contributed by atoms with van der Waals surface area (Å²) in [6, 6.07) is 25.4. The fourth-order valence-corrected chi connectivity index (χ4v) is 7.48. The summed E-state index contributed by atoms with van der Waals surface area (Å²) in [4.78, 5) is 26.8. The summed E-state index contributed by atoms with van der Waals surface area (Å²) in [5.74, 6) is -1.03. The van der Waals surface area contributed by atoms with Crippen molar-refractivity contribution in [1.82, 2.24) is 0 Å². The largest absolute Gasteiger partial charge is 0.497 e. The molecule has 1 heterocycles. The van der Waals surface area contributed by atoms with Gasteiger partial charge in [0.1, 0.15) is 11.5 Å². The van der Waals surface area contributed by atoms with Crippen molar-refractivity contribution in [2.45, 2.75) is 129 Å². The van der Waals surface area contributed by atoms with Crippen molar-refractivity contribution in [3.63, 3.8) is 0 Å². The lowest BCUT2D eigenvalue weighted by atomic mass is 9.74. The van der Waals surface area contributed by atoms with Gasteiger partial charge in [-0.05, 0) is 66.3 Å². The number of hydrogen-bond donors (Lipinski definition) is 0. The normalized spacial score (nSPS) is 19.7. The van der Waals surface area contributed by atoms with Crippen LogP contribution in [0.25, 0.3) is 0 Å². The molecule has 0 amide bonds. The van der Waals surface area contributed by atoms with E-state index in [1.54, 1.807) is 21.3 Å². The molecule has 0 unspecified atom stereocenters. The van der Waals surface area contributed by atoms with Gasteiger partial charge in [-0.1, -0.05) is 113 Å². The monoisotopic (exact) mass is 844 g/mol. The lowest BCUT2D eigenvalue weighted by Crippen LogP contribution is -2.63. The van der Waals surface area contributed by atoms with Crippen molar-refractivity contribution in [2.24, 2.45) is 5.41 Å².